The number of para-hydroxylation sites is 1. The van der Waals surface area contributed by atoms with Gasteiger partial charge in [-0.1, -0.05) is 23.7 Å². The van der Waals surface area contributed by atoms with Gasteiger partial charge in [0.25, 0.3) is 5.91 Å². The van der Waals surface area contributed by atoms with Crippen LogP contribution in [0, 0.1) is 6.92 Å². The summed E-state index contributed by atoms with van der Waals surface area (Å²) in [5.74, 6) is -0.551. The molecule has 0 fully saturated rings. The number of nitrogens with one attached hydrogen (secondary N) is 1. The number of aryl methyl sites for hydroxylation is 1. The normalized spacial score (nSPS) is 10.5. The van der Waals surface area contributed by atoms with Crippen LogP contribution in [-0.2, 0) is 0 Å². The lowest BCUT2D eigenvalue weighted by atomic mass is 10.1. The number of ether oxygens (including phenoxy) is 2. The maximum absolute atomic E-state index is 12.3. The highest BCUT2D eigenvalue weighted by Crippen LogP contribution is 2.30. The van der Waals surface area contributed by atoms with Crippen molar-refractivity contribution >= 4 is 23.2 Å². The van der Waals surface area contributed by atoms with Gasteiger partial charge in [-0.05, 0) is 36.8 Å². The van der Waals surface area contributed by atoms with E-state index in [1.54, 1.807) is 12.1 Å². The van der Waals surface area contributed by atoms with E-state index in [0.29, 0.717) is 10.7 Å². The van der Waals surface area contributed by atoms with Crippen LogP contribution < -0.4 is 14.8 Å². The summed E-state index contributed by atoms with van der Waals surface area (Å²) in [5, 5.41) is 3.10. The first-order valence-corrected chi connectivity index (χ1v) is 6.99. The van der Waals surface area contributed by atoms with Crippen molar-refractivity contribution in [2.24, 2.45) is 0 Å². The van der Waals surface area contributed by atoms with Gasteiger partial charge < -0.3 is 14.8 Å². The quantitative estimate of drug-likeness (QED) is 0.870. The van der Waals surface area contributed by atoms with Crippen LogP contribution in [0.4, 0.5) is 14.5 Å². The molecule has 2 rings (SSSR count). The summed E-state index contributed by atoms with van der Waals surface area (Å²) in [6.45, 7) is -1.17. The van der Waals surface area contributed by atoms with Crippen molar-refractivity contribution in [2.45, 2.75) is 13.5 Å². The zero-order chi connectivity index (χ0) is 17.0. The molecule has 1 amide bonds. The van der Waals surface area contributed by atoms with Crippen molar-refractivity contribution in [3.63, 3.8) is 0 Å². The zero-order valence-corrected chi connectivity index (χ0v) is 13.2. The molecule has 122 valence electrons. The molecular formula is C16H14ClF2NO3. The van der Waals surface area contributed by atoms with Crippen molar-refractivity contribution in [2.75, 3.05) is 12.4 Å². The average Bonchev–Trinajstić information content (AvgIpc) is 2.50. The second-order valence-corrected chi connectivity index (χ2v) is 5.04. The van der Waals surface area contributed by atoms with E-state index in [2.05, 4.69) is 10.1 Å². The molecule has 2 aromatic carbocycles. The number of carbonyl (C=O) groups excluding carboxylic acids is 1. The molecule has 0 saturated carbocycles. The van der Waals surface area contributed by atoms with E-state index >= 15 is 0 Å². The van der Waals surface area contributed by atoms with E-state index in [4.69, 9.17) is 16.3 Å². The second kappa shape index (κ2) is 7.28. The molecule has 4 nitrogen and oxygen atoms in total. The number of amides is 1. The summed E-state index contributed by atoms with van der Waals surface area (Å²) >= 11 is 6.06. The maximum atomic E-state index is 12.3. The van der Waals surface area contributed by atoms with E-state index in [-0.39, 0.29) is 17.1 Å². The number of hydrogen-bond donors (Lipinski definition) is 1. The van der Waals surface area contributed by atoms with Gasteiger partial charge in [0.1, 0.15) is 0 Å². The fourth-order valence-corrected chi connectivity index (χ4v) is 2.25. The first-order chi connectivity index (χ1) is 10.9. The summed E-state index contributed by atoms with van der Waals surface area (Å²) in [7, 11) is 1.30. The van der Waals surface area contributed by atoms with Gasteiger partial charge in [0.15, 0.2) is 11.5 Å². The Balaban J connectivity index is 2.26. The van der Waals surface area contributed by atoms with Crippen LogP contribution in [0.1, 0.15) is 15.9 Å². The van der Waals surface area contributed by atoms with E-state index in [1.807, 2.05) is 13.0 Å². The molecular weight excluding hydrogens is 328 g/mol. The molecule has 1 N–H and O–H groups in total. The van der Waals surface area contributed by atoms with Crippen LogP contribution in [0.5, 0.6) is 11.5 Å². The monoisotopic (exact) mass is 341 g/mol. The van der Waals surface area contributed by atoms with E-state index in [0.717, 1.165) is 5.56 Å². The molecule has 0 bridgehead atoms. The molecule has 0 saturated heterocycles. The fourth-order valence-electron chi connectivity index (χ4n) is 1.98. The largest absolute Gasteiger partial charge is 0.493 e. The topological polar surface area (TPSA) is 47.6 Å². The van der Waals surface area contributed by atoms with Gasteiger partial charge in [-0.25, -0.2) is 0 Å². The maximum Gasteiger partial charge on any atom is 0.387 e. The Morgan fingerprint density at radius 3 is 2.57 bits per heavy atom. The molecule has 0 atom stereocenters. The molecule has 0 aliphatic rings. The van der Waals surface area contributed by atoms with Gasteiger partial charge in [-0.15, -0.1) is 0 Å². The lowest BCUT2D eigenvalue weighted by Crippen LogP contribution is -2.13. The SMILES string of the molecule is COc1cc(C(=O)Nc2c(C)cccc2Cl)ccc1OC(F)F. The lowest BCUT2D eigenvalue weighted by molar-refractivity contribution is -0.0512. The first kappa shape index (κ1) is 17.0. The van der Waals surface area contributed by atoms with Crippen molar-refractivity contribution < 1.29 is 23.0 Å². The Kier molecular flexibility index (Phi) is 5.39. The smallest absolute Gasteiger partial charge is 0.387 e. The minimum Gasteiger partial charge on any atom is -0.493 e. The summed E-state index contributed by atoms with van der Waals surface area (Å²) in [6.07, 6.45) is 0. The van der Waals surface area contributed by atoms with Gasteiger partial charge in [0.2, 0.25) is 0 Å². The van der Waals surface area contributed by atoms with Gasteiger partial charge in [0, 0.05) is 5.56 Å². The van der Waals surface area contributed by atoms with Crippen molar-refractivity contribution in [3.8, 4) is 11.5 Å². The minimum atomic E-state index is -2.98. The summed E-state index contributed by atoms with van der Waals surface area (Å²) in [6, 6.07) is 9.17. The number of benzene rings is 2. The fraction of sp³-hybridized carbons (Fsp3) is 0.188. The Bertz CT molecular complexity index is 702. The highest BCUT2D eigenvalue weighted by atomic mass is 35.5. The van der Waals surface area contributed by atoms with E-state index < -0.39 is 12.5 Å². The summed E-state index contributed by atoms with van der Waals surface area (Å²) in [5.41, 5.74) is 1.52. The highest BCUT2D eigenvalue weighted by Gasteiger charge is 2.15. The number of hydrogen-bond acceptors (Lipinski definition) is 3. The number of anilines is 1. The van der Waals surface area contributed by atoms with Crippen LogP contribution in [0.15, 0.2) is 36.4 Å². The zero-order valence-electron chi connectivity index (χ0n) is 12.4. The third kappa shape index (κ3) is 4.10. The number of methoxy groups -OCH3 is 1. The van der Waals surface area contributed by atoms with Crippen LogP contribution in [-0.4, -0.2) is 19.6 Å². The molecule has 2 aromatic rings. The minimum absolute atomic E-state index is 0.0360. The van der Waals surface area contributed by atoms with Crippen molar-refractivity contribution in [1.29, 1.82) is 0 Å². The average molecular weight is 342 g/mol. The lowest BCUT2D eigenvalue weighted by Gasteiger charge is -2.13. The first-order valence-electron chi connectivity index (χ1n) is 6.61. The molecule has 0 spiro atoms. The van der Waals surface area contributed by atoms with Crippen LogP contribution in [0.25, 0.3) is 0 Å². The highest BCUT2D eigenvalue weighted by molar-refractivity contribution is 6.34. The third-order valence-electron chi connectivity index (χ3n) is 3.10. The third-order valence-corrected chi connectivity index (χ3v) is 3.42. The van der Waals surface area contributed by atoms with Crippen molar-refractivity contribution in [1.82, 2.24) is 0 Å². The Morgan fingerprint density at radius 1 is 1.22 bits per heavy atom. The van der Waals surface area contributed by atoms with Crippen LogP contribution in [0.3, 0.4) is 0 Å². The van der Waals surface area contributed by atoms with Crippen LogP contribution in [0.2, 0.25) is 5.02 Å². The van der Waals surface area contributed by atoms with Crippen LogP contribution >= 0.6 is 11.6 Å². The molecule has 23 heavy (non-hydrogen) atoms. The Hall–Kier alpha value is -2.34. The molecule has 7 heteroatoms. The van der Waals surface area contributed by atoms with E-state index in [1.165, 1.54) is 25.3 Å². The standard InChI is InChI=1S/C16H14ClF2NO3/c1-9-4-3-5-11(17)14(9)20-15(21)10-6-7-12(23-16(18)19)13(8-10)22-2/h3-8,16H,1-2H3,(H,20,21). The van der Waals surface area contributed by atoms with Gasteiger partial charge >= 0.3 is 6.61 Å². The van der Waals surface area contributed by atoms with Gasteiger partial charge in [-0.3, -0.25) is 4.79 Å². The predicted molar refractivity (Wildman–Crippen MR) is 83.8 cm³/mol. The van der Waals surface area contributed by atoms with Gasteiger partial charge in [0.05, 0.1) is 17.8 Å². The van der Waals surface area contributed by atoms with E-state index in [9.17, 15) is 13.6 Å². The van der Waals surface area contributed by atoms with Crippen molar-refractivity contribution in [3.05, 3.63) is 52.5 Å². The number of halogens is 3. The molecule has 0 unspecified atom stereocenters. The number of alkyl halides is 2. The number of carbonyl (C=O) groups is 1. The molecule has 0 heterocycles. The molecule has 0 aliphatic heterocycles. The second-order valence-electron chi connectivity index (χ2n) is 4.63. The Labute approximate surface area is 137 Å². The molecule has 0 radical (unpaired) electrons. The predicted octanol–water partition coefficient (Wildman–Crippen LogP) is 4.51. The molecule has 0 aliphatic carbocycles. The summed E-state index contributed by atoms with van der Waals surface area (Å²) in [4.78, 5) is 12.3. The Morgan fingerprint density at radius 2 is 1.96 bits per heavy atom. The number of rotatable bonds is 5. The summed E-state index contributed by atoms with van der Waals surface area (Å²) < 4.78 is 33.9. The molecule has 0 aromatic heterocycles. The van der Waals surface area contributed by atoms with Gasteiger partial charge in [-0.2, -0.15) is 8.78 Å².